The summed E-state index contributed by atoms with van der Waals surface area (Å²) in [5, 5.41) is 12.6. The predicted molar refractivity (Wildman–Crippen MR) is 123 cm³/mol. The fraction of sp³-hybridized carbons (Fsp3) is 0.296. The highest BCUT2D eigenvalue weighted by Crippen LogP contribution is 2.44. The highest BCUT2D eigenvalue weighted by Gasteiger charge is 2.30. The number of aromatic hydroxyl groups is 1. The molecule has 1 amide bonds. The number of nitrogens with one attached hydrogen (secondary N) is 1. The second-order valence-electron chi connectivity index (χ2n) is 9.26. The summed E-state index contributed by atoms with van der Waals surface area (Å²) >= 11 is 0. The number of phenols is 1. The molecule has 4 nitrogen and oxygen atoms in total. The average molecular weight is 416 g/mol. The lowest BCUT2D eigenvalue weighted by Crippen LogP contribution is -2.45. The summed E-state index contributed by atoms with van der Waals surface area (Å²) in [6.45, 7) is 6.60. The Balaban J connectivity index is 1.45. The van der Waals surface area contributed by atoms with Crippen LogP contribution in [-0.4, -0.2) is 23.8 Å². The maximum Gasteiger partial charge on any atom is 0.407 e. The Morgan fingerprint density at radius 2 is 1.48 bits per heavy atom. The van der Waals surface area contributed by atoms with Gasteiger partial charge in [0.05, 0.1) is 0 Å². The smallest absolute Gasteiger partial charge is 0.407 e. The van der Waals surface area contributed by atoms with Crippen molar-refractivity contribution >= 4 is 6.09 Å². The fourth-order valence-electron chi connectivity index (χ4n) is 4.22. The molecule has 0 spiro atoms. The number of benzene rings is 3. The zero-order valence-corrected chi connectivity index (χ0v) is 18.3. The maximum atomic E-state index is 12.8. The van der Waals surface area contributed by atoms with Gasteiger partial charge in [0.2, 0.25) is 0 Å². The van der Waals surface area contributed by atoms with Crippen LogP contribution in [0.4, 0.5) is 4.79 Å². The number of amides is 1. The summed E-state index contributed by atoms with van der Waals surface area (Å²) in [5.41, 5.74) is 5.74. The van der Waals surface area contributed by atoms with Gasteiger partial charge in [-0.2, -0.15) is 0 Å². The standard InChI is InChI=1S/C27H29NO3/c1-27(2,3)25(16-18-12-14-19(29)15-13-18)28-26(30)31-17-24-22-10-6-4-8-20(22)21-9-5-7-11-23(21)24/h4-15,24-25,29H,16-17H2,1-3H3,(H,28,30)/t25-/m0/s1. The second-order valence-corrected chi connectivity index (χ2v) is 9.26. The molecule has 0 saturated heterocycles. The first-order chi connectivity index (χ1) is 14.8. The van der Waals surface area contributed by atoms with Crippen molar-refractivity contribution in [3.8, 4) is 16.9 Å². The Morgan fingerprint density at radius 3 is 2.03 bits per heavy atom. The van der Waals surface area contributed by atoms with Crippen molar-refractivity contribution in [3.63, 3.8) is 0 Å². The Kier molecular flexibility index (Phi) is 5.73. The number of rotatable bonds is 5. The van der Waals surface area contributed by atoms with Crippen molar-refractivity contribution in [3.05, 3.63) is 89.5 Å². The summed E-state index contributed by atoms with van der Waals surface area (Å²) in [5.74, 6) is 0.281. The minimum atomic E-state index is -0.402. The van der Waals surface area contributed by atoms with Crippen molar-refractivity contribution in [1.82, 2.24) is 5.32 Å². The molecule has 2 N–H and O–H groups in total. The number of hydrogen-bond donors (Lipinski definition) is 2. The molecule has 31 heavy (non-hydrogen) atoms. The number of fused-ring (bicyclic) bond motifs is 3. The molecule has 0 aromatic heterocycles. The average Bonchev–Trinajstić information content (AvgIpc) is 3.06. The SMILES string of the molecule is CC(C)(C)[C@H](Cc1ccc(O)cc1)NC(=O)OCC1c2ccccc2-c2ccccc21. The van der Waals surface area contributed by atoms with Crippen LogP contribution in [0.15, 0.2) is 72.8 Å². The van der Waals surface area contributed by atoms with Crippen LogP contribution in [-0.2, 0) is 11.2 Å². The van der Waals surface area contributed by atoms with E-state index in [2.05, 4.69) is 50.4 Å². The van der Waals surface area contributed by atoms with Crippen LogP contribution in [0.1, 0.15) is 43.4 Å². The van der Waals surface area contributed by atoms with Crippen LogP contribution in [0.2, 0.25) is 0 Å². The van der Waals surface area contributed by atoms with Crippen molar-refractivity contribution in [2.75, 3.05) is 6.61 Å². The number of phenolic OH excluding ortho intramolecular Hbond substituents is 1. The molecule has 1 aliphatic carbocycles. The van der Waals surface area contributed by atoms with Gasteiger partial charge in [0.15, 0.2) is 0 Å². The van der Waals surface area contributed by atoms with E-state index in [0.29, 0.717) is 13.0 Å². The van der Waals surface area contributed by atoms with Gasteiger partial charge in [-0.15, -0.1) is 0 Å². The van der Waals surface area contributed by atoms with E-state index in [-0.39, 0.29) is 23.1 Å². The Bertz CT molecular complexity index is 1020. The van der Waals surface area contributed by atoms with E-state index in [0.717, 1.165) is 5.56 Å². The van der Waals surface area contributed by atoms with E-state index < -0.39 is 6.09 Å². The van der Waals surface area contributed by atoms with Crippen LogP contribution in [0.3, 0.4) is 0 Å². The van der Waals surface area contributed by atoms with Crippen molar-refractivity contribution in [1.29, 1.82) is 0 Å². The molecule has 1 atom stereocenters. The molecule has 3 aromatic rings. The molecular formula is C27H29NO3. The maximum absolute atomic E-state index is 12.8. The summed E-state index contributed by atoms with van der Waals surface area (Å²) < 4.78 is 5.73. The lowest BCUT2D eigenvalue weighted by molar-refractivity contribution is 0.129. The van der Waals surface area contributed by atoms with Gasteiger partial charge in [0, 0.05) is 12.0 Å². The van der Waals surface area contributed by atoms with E-state index >= 15 is 0 Å². The summed E-state index contributed by atoms with van der Waals surface area (Å²) in [6, 6.07) is 23.6. The fourth-order valence-corrected chi connectivity index (χ4v) is 4.22. The molecular weight excluding hydrogens is 386 g/mol. The molecule has 4 rings (SSSR count). The van der Waals surface area contributed by atoms with Gasteiger partial charge in [-0.25, -0.2) is 4.79 Å². The molecule has 3 aromatic carbocycles. The van der Waals surface area contributed by atoms with Crippen LogP contribution in [0, 0.1) is 5.41 Å². The molecule has 0 heterocycles. The number of carbonyl (C=O) groups excluding carboxylic acids is 1. The molecule has 0 saturated carbocycles. The van der Waals surface area contributed by atoms with E-state index in [1.165, 1.54) is 22.3 Å². The highest BCUT2D eigenvalue weighted by molar-refractivity contribution is 5.79. The second kappa shape index (κ2) is 8.46. The van der Waals surface area contributed by atoms with Gasteiger partial charge >= 0.3 is 6.09 Å². The highest BCUT2D eigenvalue weighted by atomic mass is 16.5. The van der Waals surface area contributed by atoms with Gasteiger partial charge in [0.1, 0.15) is 12.4 Å². The number of alkyl carbamates (subject to hydrolysis) is 1. The molecule has 0 fully saturated rings. The van der Waals surface area contributed by atoms with Crippen molar-refractivity contribution in [2.45, 2.75) is 39.2 Å². The number of carbonyl (C=O) groups is 1. The van der Waals surface area contributed by atoms with Crippen molar-refractivity contribution in [2.24, 2.45) is 5.41 Å². The minimum Gasteiger partial charge on any atom is -0.508 e. The Hall–Kier alpha value is -3.27. The largest absolute Gasteiger partial charge is 0.508 e. The molecule has 160 valence electrons. The third-order valence-corrected chi connectivity index (χ3v) is 6.06. The molecule has 0 unspecified atom stereocenters. The molecule has 0 radical (unpaired) electrons. The zero-order valence-electron chi connectivity index (χ0n) is 18.3. The van der Waals surface area contributed by atoms with Crippen LogP contribution in [0.25, 0.3) is 11.1 Å². The predicted octanol–water partition coefficient (Wildman–Crippen LogP) is 5.89. The zero-order chi connectivity index (χ0) is 22.0. The quantitative estimate of drug-likeness (QED) is 0.546. The molecule has 4 heteroatoms. The van der Waals surface area contributed by atoms with Gasteiger partial charge < -0.3 is 15.2 Å². The minimum absolute atomic E-state index is 0.0448. The third-order valence-electron chi connectivity index (χ3n) is 6.06. The lowest BCUT2D eigenvalue weighted by atomic mass is 9.83. The first-order valence-corrected chi connectivity index (χ1v) is 10.7. The monoisotopic (exact) mass is 415 g/mol. The van der Waals surface area contributed by atoms with E-state index in [9.17, 15) is 9.90 Å². The lowest BCUT2D eigenvalue weighted by Gasteiger charge is -2.31. The summed E-state index contributed by atoms with van der Waals surface area (Å²) in [4.78, 5) is 12.8. The van der Waals surface area contributed by atoms with E-state index in [4.69, 9.17) is 4.74 Å². The normalized spacial score (nSPS) is 13.9. The van der Waals surface area contributed by atoms with Gasteiger partial charge in [-0.3, -0.25) is 0 Å². The number of ether oxygens (including phenoxy) is 1. The van der Waals surface area contributed by atoms with Gasteiger partial charge in [-0.1, -0.05) is 81.4 Å². The Labute approximate surface area is 183 Å². The van der Waals surface area contributed by atoms with E-state index in [1.807, 2.05) is 36.4 Å². The molecule has 0 bridgehead atoms. The number of hydrogen-bond acceptors (Lipinski definition) is 3. The molecule has 1 aliphatic rings. The summed E-state index contributed by atoms with van der Waals surface area (Å²) in [6.07, 6.45) is 0.258. The first-order valence-electron chi connectivity index (χ1n) is 10.7. The first kappa shape index (κ1) is 21.0. The molecule has 0 aliphatic heterocycles. The summed E-state index contributed by atoms with van der Waals surface area (Å²) in [7, 11) is 0. The van der Waals surface area contributed by atoms with Gasteiger partial charge in [0.25, 0.3) is 0 Å². The van der Waals surface area contributed by atoms with Crippen LogP contribution in [0.5, 0.6) is 5.75 Å². The third kappa shape index (κ3) is 4.58. The Morgan fingerprint density at radius 1 is 0.935 bits per heavy atom. The van der Waals surface area contributed by atoms with Crippen LogP contribution >= 0.6 is 0 Å². The van der Waals surface area contributed by atoms with Gasteiger partial charge in [-0.05, 0) is 51.8 Å². The van der Waals surface area contributed by atoms with E-state index in [1.54, 1.807) is 12.1 Å². The van der Waals surface area contributed by atoms with Crippen LogP contribution < -0.4 is 5.32 Å². The van der Waals surface area contributed by atoms with Crippen molar-refractivity contribution < 1.29 is 14.6 Å². The topological polar surface area (TPSA) is 58.6 Å².